The molecule has 78 valence electrons. The third kappa shape index (κ3) is 1.81. The number of rotatable bonds is 2. The number of halogens is 2. The lowest BCUT2D eigenvalue weighted by atomic mass is 10.1. The Morgan fingerprint density at radius 1 is 1.20 bits per heavy atom. The summed E-state index contributed by atoms with van der Waals surface area (Å²) in [5.41, 5.74) is -0.327. The van der Waals surface area contributed by atoms with Crippen LogP contribution in [0.1, 0.15) is 0 Å². The molecule has 0 unspecified atom stereocenters. The van der Waals surface area contributed by atoms with E-state index in [0.717, 1.165) is 0 Å². The van der Waals surface area contributed by atoms with Gasteiger partial charge in [-0.15, -0.1) is 0 Å². The molecule has 15 heavy (non-hydrogen) atoms. The van der Waals surface area contributed by atoms with E-state index >= 15 is 0 Å². The lowest BCUT2D eigenvalue weighted by Crippen LogP contribution is -2.07. The highest BCUT2D eigenvalue weighted by Gasteiger charge is 2.08. The minimum Gasteiger partial charge on any atom is -0.434 e. The summed E-state index contributed by atoms with van der Waals surface area (Å²) < 4.78 is 28.4. The van der Waals surface area contributed by atoms with Gasteiger partial charge in [0.05, 0.1) is 5.39 Å². The van der Waals surface area contributed by atoms with Gasteiger partial charge in [-0.25, -0.2) is 0 Å². The van der Waals surface area contributed by atoms with Crippen LogP contribution in [0.4, 0.5) is 8.78 Å². The average molecular weight is 211 g/mol. The fourth-order valence-electron chi connectivity index (χ4n) is 1.39. The maximum atomic E-state index is 12.0. The fourth-order valence-corrected chi connectivity index (χ4v) is 1.39. The van der Waals surface area contributed by atoms with Crippen molar-refractivity contribution in [3.8, 4) is 5.75 Å². The van der Waals surface area contributed by atoms with E-state index in [1.54, 1.807) is 6.07 Å². The number of H-pyrrole nitrogens is 1. The van der Waals surface area contributed by atoms with Crippen molar-refractivity contribution in [2.24, 2.45) is 0 Å². The number of ether oxygens (including phenoxy) is 1. The first-order valence-electron chi connectivity index (χ1n) is 4.24. The maximum Gasteiger partial charge on any atom is 0.387 e. The molecule has 0 aliphatic carbocycles. The van der Waals surface area contributed by atoms with Gasteiger partial charge in [-0.05, 0) is 18.2 Å². The first kappa shape index (κ1) is 9.64. The molecule has 0 spiro atoms. The topological polar surface area (TPSA) is 42.1 Å². The monoisotopic (exact) mass is 211 g/mol. The van der Waals surface area contributed by atoms with Crippen LogP contribution in [0.15, 0.2) is 35.3 Å². The van der Waals surface area contributed by atoms with Gasteiger partial charge in [-0.1, -0.05) is 6.07 Å². The second kappa shape index (κ2) is 3.68. The van der Waals surface area contributed by atoms with Gasteiger partial charge in [0.1, 0.15) is 5.75 Å². The van der Waals surface area contributed by atoms with Crippen LogP contribution in [-0.2, 0) is 0 Å². The summed E-state index contributed by atoms with van der Waals surface area (Å²) in [7, 11) is 0. The molecule has 1 aromatic heterocycles. The molecular formula is C10H7F2NO2. The first-order chi connectivity index (χ1) is 7.18. The van der Waals surface area contributed by atoms with Crippen LogP contribution in [0.2, 0.25) is 0 Å². The summed E-state index contributed by atoms with van der Waals surface area (Å²) in [4.78, 5) is 13.8. The molecule has 0 radical (unpaired) electrons. The molecule has 0 saturated carbocycles. The molecule has 2 aromatic rings. The average Bonchev–Trinajstić information content (AvgIpc) is 2.19. The second-order valence-corrected chi connectivity index (χ2v) is 2.90. The third-order valence-corrected chi connectivity index (χ3v) is 1.99. The van der Waals surface area contributed by atoms with Crippen LogP contribution in [0.3, 0.4) is 0 Å². The summed E-state index contributed by atoms with van der Waals surface area (Å²) in [5.74, 6) is 0.00796. The van der Waals surface area contributed by atoms with Crippen molar-refractivity contribution in [1.82, 2.24) is 4.98 Å². The fraction of sp³-hybridized carbons (Fsp3) is 0.100. The van der Waals surface area contributed by atoms with Crippen LogP contribution in [-0.4, -0.2) is 11.6 Å². The van der Waals surface area contributed by atoms with Crippen molar-refractivity contribution in [1.29, 1.82) is 0 Å². The van der Waals surface area contributed by atoms with Crippen molar-refractivity contribution < 1.29 is 13.5 Å². The molecule has 0 bridgehead atoms. The number of nitrogens with one attached hydrogen (secondary N) is 1. The predicted octanol–water partition coefficient (Wildman–Crippen LogP) is 2.13. The lowest BCUT2D eigenvalue weighted by molar-refractivity contribution is -0.0487. The van der Waals surface area contributed by atoms with E-state index in [1.165, 1.54) is 24.4 Å². The zero-order valence-corrected chi connectivity index (χ0v) is 7.54. The van der Waals surface area contributed by atoms with Crippen molar-refractivity contribution >= 4 is 10.8 Å². The highest BCUT2D eigenvalue weighted by Crippen LogP contribution is 2.23. The smallest absolute Gasteiger partial charge is 0.387 e. The molecule has 0 saturated heterocycles. The summed E-state index contributed by atoms with van der Waals surface area (Å²) in [6.07, 6.45) is 1.39. The van der Waals surface area contributed by atoms with Crippen LogP contribution in [0, 0.1) is 0 Å². The number of alkyl halides is 2. The van der Waals surface area contributed by atoms with E-state index in [9.17, 15) is 13.6 Å². The molecule has 0 aliphatic heterocycles. The Morgan fingerprint density at radius 3 is 2.73 bits per heavy atom. The number of fused-ring (bicyclic) bond motifs is 1. The summed E-state index contributed by atoms with van der Waals surface area (Å²) in [6, 6.07) is 5.96. The Labute approximate surface area is 83.3 Å². The summed E-state index contributed by atoms with van der Waals surface area (Å²) >= 11 is 0. The summed E-state index contributed by atoms with van der Waals surface area (Å²) in [5, 5.41) is 0.706. The molecule has 0 aliphatic rings. The quantitative estimate of drug-likeness (QED) is 0.826. The largest absolute Gasteiger partial charge is 0.434 e. The zero-order chi connectivity index (χ0) is 10.8. The molecule has 1 aromatic carbocycles. The van der Waals surface area contributed by atoms with Gasteiger partial charge in [0.25, 0.3) is 5.56 Å². The Hall–Kier alpha value is -1.91. The molecule has 0 amide bonds. The first-order valence-corrected chi connectivity index (χ1v) is 4.24. The zero-order valence-electron chi connectivity index (χ0n) is 7.54. The molecule has 2 rings (SSSR count). The normalized spacial score (nSPS) is 10.9. The Bertz CT molecular complexity index is 536. The number of hydrogen-bond acceptors (Lipinski definition) is 2. The molecule has 1 heterocycles. The van der Waals surface area contributed by atoms with Crippen LogP contribution >= 0.6 is 0 Å². The second-order valence-electron chi connectivity index (χ2n) is 2.90. The number of hydrogen-bond donors (Lipinski definition) is 1. The maximum absolute atomic E-state index is 12.0. The van der Waals surface area contributed by atoms with Crippen molar-refractivity contribution in [2.45, 2.75) is 6.61 Å². The van der Waals surface area contributed by atoms with Crippen molar-refractivity contribution in [3.63, 3.8) is 0 Å². The van der Waals surface area contributed by atoms with Gasteiger partial charge in [-0.2, -0.15) is 8.78 Å². The molecule has 0 atom stereocenters. The standard InChI is InChI=1S/C10H7F2NO2/c11-10(12)15-8-3-1-2-7-6(8)4-5-13-9(7)14/h1-5,10H,(H,13,14). The van der Waals surface area contributed by atoms with Gasteiger partial charge < -0.3 is 9.72 Å². The Balaban J connectivity index is 2.66. The van der Waals surface area contributed by atoms with Gasteiger partial charge in [0.2, 0.25) is 0 Å². The van der Waals surface area contributed by atoms with Crippen molar-refractivity contribution in [2.75, 3.05) is 0 Å². The molecule has 5 heteroatoms. The molecule has 0 fully saturated rings. The van der Waals surface area contributed by atoms with E-state index in [2.05, 4.69) is 9.72 Å². The number of aromatic amines is 1. The SMILES string of the molecule is O=c1[nH]ccc2c(OC(F)F)cccc12. The molecule has 3 nitrogen and oxygen atoms in total. The number of pyridine rings is 1. The van der Waals surface area contributed by atoms with Crippen LogP contribution < -0.4 is 10.3 Å². The van der Waals surface area contributed by atoms with Gasteiger partial charge >= 0.3 is 6.61 Å². The predicted molar refractivity (Wildman–Crippen MR) is 51.2 cm³/mol. The van der Waals surface area contributed by atoms with Crippen LogP contribution in [0.5, 0.6) is 5.75 Å². The third-order valence-electron chi connectivity index (χ3n) is 1.99. The lowest BCUT2D eigenvalue weighted by Gasteiger charge is -2.06. The van der Waals surface area contributed by atoms with E-state index < -0.39 is 6.61 Å². The van der Waals surface area contributed by atoms with E-state index in [4.69, 9.17) is 0 Å². The number of benzene rings is 1. The van der Waals surface area contributed by atoms with Gasteiger partial charge in [0.15, 0.2) is 0 Å². The van der Waals surface area contributed by atoms with E-state index in [1.807, 2.05) is 0 Å². The van der Waals surface area contributed by atoms with Crippen LogP contribution in [0.25, 0.3) is 10.8 Å². The highest BCUT2D eigenvalue weighted by atomic mass is 19.3. The minimum absolute atomic E-state index is 0.00796. The minimum atomic E-state index is -2.89. The van der Waals surface area contributed by atoms with Crippen molar-refractivity contribution in [3.05, 3.63) is 40.8 Å². The van der Waals surface area contributed by atoms with E-state index in [0.29, 0.717) is 10.8 Å². The molecule has 1 N–H and O–H groups in total. The Morgan fingerprint density at radius 2 is 2.00 bits per heavy atom. The number of aromatic nitrogens is 1. The Kier molecular flexibility index (Phi) is 2.37. The van der Waals surface area contributed by atoms with Gasteiger partial charge in [-0.3, -0.25) is 4.79 Å². The molecular weight excluding hydrogens is 204 g/mol. The summed E-state index contributed by atoms with van der Waals surface area (Å²) in [6.45, 7) is -2.89. The van der Waals surface area contributed by atoms with E-state index in [-0.39, 0.29) is 11.3 Å². The highest BCUT2D eigenvalue weighted by molar-refractivity contribution is 5.87. The van der Waals surface area contributed by atoms with Gasteiger partial charge in [0, 0.05) is 11.6 Å².